The Bertz CT molecular complexity index is 1050. The molecule has 28 heavy (non-hydrogen) atoms. The molecule has 0 radical (unpaired) electrons. The highest BCUT2D eigenvalue weighted by Crippen LogP contribution is 2.34. The smallest absolute Gasteiger partial charge is 0.274 e. The van der Waals surface area contributed by atoms with E-state index < -0.39 is 11.4 Å². The summed E-state index contributed by atoms with van der Waals surface area (Å²) in [4.78, 5) is 30.9. The maximum Gasteiger partial charge on any atom is 0.274 e. The van der Waals surface area contributed by atoms with Gasteiger partial charge in [0.15, 0.2) is 0 Å². The van der Waals surface area contributed by atoms with Crippen molar-refractivity contribution in [1.82, 2.24) is 10.5 Å². The van der Waals surface area contributed by atoms with Crippen LogP contribution in [0.2, 0.25) is 0 Å². The highest BCUT2D eigenvalue weighted by atomic mass is 16.5. The van der Waals surface area contributed by atoms with Crippen LogP contribution < -0.4 is 15.7 Å². The lowest BCUT2D eigenvalue weighted by Gasteiger charge is -2.26. The van der Waals surface area contributed by atoms with E-state index in [9.17, 15) is 9.59 Å². The zero-order chi connectivity index (χ0) is 19.7. The van der Waals surface area contributed by atoms with Gasteiger partial charge in [0.2, 0.25) is 0 Å². The topological polar surface area (TPSA) is 94.6 Å². The van der Waals surface area contributed by atoms with Crippen molar-refractivity contribution in [3.8, 4) is 0 Å². The summed E-state index contributed by atoms with van der Waals surface area (Å²) in [5.41, 5.74) is 3.51. The molecule has 2 heterocycles. The number of benzene rings is 2. The number of para-hydroxylation sites is 1. The molecule has 1 atom stereocenters. The third-order valence-corrected chi connectivity index (χ3v) is 5.12. The van der Waals surface area contributed by atoms with Gasteiger partial charge in [0.1, 0.15) is 5.54 Å². The third-order valence-electron chi connectivity index (χ3n) is 5.12. The Kier molecular flexibility index (Phi) is 4.44. The number of hydroxylamine groups is 1. The molecular weight excluding hydrogens is 356 g/mol. The second-order valence-corrected chi connectivity index (χ2v) is 7.03. The molecule has 1 fully saturated rings. The number of carbonyl (C=O) groups excluding carboxylic acids is 2. The van der Waals surface area contributed by atoms with E-state index in [4.69, 9.17) is 5.21 Å². The molecule has 1 aliphatic rings. The van der Waals surface area contributed by atoms with Gasteiger partial charge in [0.25, 0.3) is 11.8 Å². The zero-order valence-corrected chi connectivity index (χ0v) is 15.3. The van der Waals surface area contributed by atoms with Crippen LogP contribution in [0, 0.1) is 0 Å². The van der Waals surface area contributed by atoms with Gasteiger partial charge in [-0.2, -0.15) is 0 Å². The highest BCUT2D eigenvalue weighted by molar-refractivity contribution is 6.08. The largest absolute Gasteiger partial charge is 0.371 e. The van der Waals surface area contributed by atoms with Crippen molar-refractivity contribution >= 4 is 34.1 Å². The summed E-state index contributed by atoms with van der Waals surface area (Å²) in [6.07, 6.45) is 2.36. The van der Waals surface area contributed by atoms with Crippen molar-refractivity contribution in [1.29, 1.82) is 0 Å². The fourth-order valence-corrected chi connectivity index (χ4v) is 3.58. The summed E-state index contributed by atoms with van der Waals surface area (Å²) in [5.74, 6) is -0.604. The van der Waals surface area contributed by atoms with Crippen molar-refractivity contribution in [2.45, 2.75) is 18.9 Å². The molecule has 1 unspecified atom stereocenters. The van der Waals surface area contributed by atoms with Crippen molar-refractivity contribution < 1.29 is 14.8 Å². The lowest BCUT2D eigenvalue weighted by atomic mass is 10.00. The molecular formula is C21H20N4O3. The molecule has 142 valence electrons. The lowest BCUT2D eigenvalue weighted by molar-refractivity contribution is -0.120. The minimum absolute atomic E-state index is 0.0252. The molecule has 3 N–H and O–H groups in total. The first-order chi connectivity index (χ1) is 13.5. The van der Waals surface area contributed by atoms with Crippen LogP contribution in [0.5, 0.6) is 0 Å². The first kappa shape index (κ1) is 17.9. The van der Waals surface area contributed by atoms with Crippen LogP contribution in [0.15, 0.2) is 60.8 Å². The molecule has 0 spiro atoms. The van der Waals surface area contributed by atoms with E-state index in [-0.39, 0.29) is 5.91 Å². The second kappa shape index (κ2) is 6.94. The molecule has 7 heteroatoms. The molecule has 3 aromatic rings. The van der Waals surface area contributed by atoms with Gasteiger partial charge in [0.05, 0.1) is 11.2 Å². The Labute approximate surface area is 162 Å². The van der Waals surface area contributed by atoms with E-state index in [1.807, 2.05) is 37.3 Å². The Hall–Kier alpha value is -3.45. The summed E-state index contributed by atoms with van der Waals surface area (Å²) in [6.45, 7) is 2.46. The van der Waals surface area contributed by atoms with E-state index >= 15 is 0 Å². The summed E-state index contributed by atoms with van der Waals surface area (Å²) in [6, 6.07) is 16.3. The minimum atomic E-state index is -0.766. The number of hydrogen-bond donors (Lipinski definition) is 3. The van der Waals surface area contributed by atoms with Gasteiger partial charge in [-0.15, -0.1) is 0 Å². The number of rotatable bonds is 4. The lowest BCUT2D eigenvalue weighted by Crippen LogP contribution is -2.44. The van der Waals surface area contributed by atoms with Crippen molar-refractivity contribution in [3.63, 3.8) is 0 Å². The van der Waals surface area contributed by atoms with E-state index in [1.165, 1.54) is 0 Å². The highest BCUT2D eigenvalue weighted by Gasteiger charge is 2.43. The molecule has 7 nitrogen and oxygen atoms in total. The predicted octanol–water partition coefficient (Wildman–Crippen LogP) is 2.96. The molecule has 1 saturated heterocycles. The van der Waals surface area contributed by atoms with Gasteiger partial charge < -0.3 is 10.2 Å². The zero-order valence-electron chi connectivity index (χ0n) is 15.3. The first-order valence-corrected chi connectivity index (χ1v) is 9.00. The van der Waals surface area contributed by atoms with Crippen LogP contribution in [0.4, 0.5) is 11.4 Å². The number of anilines is 2. The third kappa shape index (κ3) is 3.05. The summed E-state index contributed by atoms with van der Waals surface area (Å²) in [5, 5.41) is 13.0. The maximum absolute atomic E-state index is 13.2. The number of aromatic nitrogens is 1. The Balaban J connectivity index is 1.58. The average molecular weight is 376 g/mol. The number of nitrogens with zero attached hydrogens (tertiary/aromatic N) is 2. The van der Waals surface area contributed by atoms with Crippen LogP contribution >= 0.6 is 0 Å². The van der Waals surface area contributed by atoms with Crippen molar-refractivity contribution in [2.24, 2.45) is 0 Å². The van der Waals surface area contributed by atoms with Gasteiger partial charge in [0, 0.05) is 29.4 Å². The van der Waals surface area contributed by atoms with Gasteiger partial charge >= 0.3 is 0 Å². The molecule has 1 aliphatic heterocycles. The number of carbonyl (C=O) groups is 2. The number of fused-ring (bicyclic) bond motifs is 1. The Morgan fingerprint density at radius 1 is 1.14 bits per heavy atom. The molecule has 1 aromatic heterocycles. The quantitative estimate of drug-likeness (QED) is 0.481. The first-order valence-electron chi connectivity index (χ1n) is 9.00. The summed E-state index contributed by atoms with van der Waals surface area (Å²) < 4.78 is 0. The number of pyridine rings is 1. The number of nitrogens with one attached hydrogen (secondary N) is 2. The van der Waals surface area contributed by atoms with Crippen molar-refractivity contribution in [2.75, 3.05) is 16.8 Å². The SMILES string of the molecule is CC1(Nc2ccc(C(=O)NO)cc2)CCN(c2cccc3cccnc23)C1=O. The van der Waals surface area contributed by atoms with Gasteiger partial charge in [-0.05, 0) is 49.7 Å². The van der Waals surface area contributed by atoms with E-state index in [1.54, 1.807) is 40.8 Å². The van der Waals surface area contributed by atoms with Gasteiger partial charge in [-0.1, -0.05) is 18.2 Å². The van der Waals surface area contributed by atoms with Gasteiger partial charge in [-0.25, -0.2) is 5.48 Å². The molecule has 2 amide bonds. The Morgan fingerprint density at radius 3 is 2.64 bits per heavy atom. The standard InChI is InChI=1S/C21H20N4O3/c1-21(23-16-9-7-15(8-10-16)19(26)24-28)11-13-25(20(21)27)17-6-2-4-14-5-3-12-22-18(14)17/h2-10,12,23,28H,11,13H2,1H3,(H,24,26). The van der Waals surface area contributed by atoms with Crippen LogP contribution in [0.1, 0.15) is 23.7 Å². The second-order valence-electron chi connectivity index (χ2n) is 7.03. The number of hydrogen-bond acceptors (Lipinski definition) is 5. The fraction of sp³-hybridized carbons (Fsp3) is 0.190. The normalized spacial score (nSPS) is 19.1. The molecule has 2 aromatic carbocycles. The molecule has 0 aliphatic carbocycles. The van der Waals surface area contributed by atoms with E-state index in [2.05, 4.69) is 10.3 Å². The van der Waals surface area contributed by atoms with Crippen LogP contribution in [-0.2, 0) is 4.79 Å². The average Bonchev–Trinajstić information content (AvgIpc) is 3.02. The molecule has 4 rings (SSSR count). The Morgan fingerprint density at radius 2 is 1.89 bits per heavy atom. The van der Waals surface area contributed by atoms with E-state index in [0.29, 0.717) is 18.5 Å². The van der Waals surface area contributed by atoms with Crippen LogP contribution in [-0.4, -0.2) is 34.1 Å². The van der Waals surface area contributed by atoms with Crippen molar-refractivity contribution in [3.05, 3.63) is 66.4 Å². The number of amides is 2. The predicted molar refractivity (Wildman–Crippen MR) is 106 cm³/mol. The molecule has 0 saturated carbocycles. The summed E-state index contributed by atoms with van der Waals surface area (Å²) >= 11 is 0. The summed E-state index contributed by atoms with van der Waals surface area (Å²) in [7, 11) is 0. The van der Waals surface area contributed by atoms with Gasteiger partial charge in [-0.3, -0.25) is 19.8 Å². The van der Waals surface area contributed by atoms with Crippen LogP contribution in [0.3, 0.4) is 0 Å². The van der Waals surface area contributed by atoms with E-state index in [0.717, 1.165) is 22.3 Å². The maximum atomic E-state index is 13.2. The molecule has 0 bridgehead atoms. The minimum Gasteiger partial charge on any atom is -0.371 e. The monoisotopic (exact) mass is 376 g/mol. The fourth-order valence-electron chi connectivity index (χ4n) is 3.58. The van der Waals surface area contributed by atoms with Crippen LogP contribution in [0.25, 0.3) is 10.9 Å².